The van der Waals surface area contributed by atoms with Gasteiger partial charge in [0.2, 0.25) is 0 Å². The molecule has 0 bridgehead atoms. The Kier molecular flexibility index (Phi) is 4.37. The molecule has 1 fully saturated rings. The van der Waals surface area contributed by atoms with Crippen LogP contribution in [0.15, 0.2) is 53.5 Å². The van der Waals surface area contributed by atoms with Crippen molar-refractivity contribution in [2.75, 3.05) is 6.54 Å². The number of aromatic amines is 1. The van der Waals surface area contributed by atoms with Crippen molar-refractivity contribution in [1.82, 2.24) is 14.5 Å². The average molecular weight is 349 g/mol. The van der Waals surface area contributed by atoms with Gasteiger partial charge in [-0.3, -0.25) is 9.59 Å². The van der Waals surface area contributed by atoms with Crippen molar-refractivity contribution in [2.45, 2.75) is 31.7 Å². The Morgan fingerprint density at radius 1 is 1.12 bits per heavy atom. The molecule has 0 aliphatic carbocycles. The van der Waals surface area contributed by atoms with E-state index in [1.54, 1.807) is 12.1 Å². The zero-order valence-corrected chi connectivity index (χ0v) is 14.9. The molecule has 3 aromatic rings. The van der Waals surface area contributed by atoms with Crippen LogP contribution in [0.1, 0.15) is 47.9 Å². The van der Waals surface area contributed by atoms with Gasteiger partial charge in [-0.1, -0.05) is 31.0 Å². The first-order valence-electron chi connectivity index (χ1n) is 9.19. The van der Waals surface area contributed by atoms with E-state index in [-0.39, 0.29) is 17.5 Å². The number of hydrogen-bond donors (Lipinski definition) is 1. The number of H-pyrrole nitrogens is 1. The number of rotatable bonds is 2. The summed E-state index contributed by atoms with van der Waals surface area (Å²) in [6.45, 7) is 0.712. The van der Waals surface area contributed by atoms with Crippen LogP contribution in [-0.2, 0) is 7.05 Å². The summed E-state index contributed by atoms with van der Waals surface area (Å²) < 4.78 is 2.08. The largest absolute Gasteiger partial charge is 0.353 e. The number of likely N-dealkylation sites (tertiary alicyclic amines) is 1. The molecule has 1 atom stereocenters. The molecule has 1 unspecified atom stereocenters. The SMILES string of the molecule is Cn1cccc1C1CCCCCN1C(=O)c1cc2ccccc2c(=O)[nH]1. The van der Waals surface area contributed by atoms with Crippen molar-refractivity contribution in [2.24, 2.45) is 7.05 Å². The molecule has 26 heavy (non-hydrogen) atoms. The first-order chi connectivity index (χ1) is 12.6. The number of carbonyl (C=O) groups is 1. The van der Waals surface area contributed by atoms with Gasteiger partial charge < -0.3 is 14.5 Å². The zero-order valence-electron chi connectivity index (χ0n) is 14.9. The fraction of sp³-hybridized carbons (Fsp3) is 0.333. The van der Waals surface area contributed by atoms with Crippen molar-refractivity contribution in [3.63, 3.8) is 0 Å². The van der Waals surface area contributed by atoms with Gasteiger partial charge in [0.25, 0.3) is 11.5 Å². The highest BCUT2D eigenvalue weighted by Gasteiger charge is 2.29. The monoisotopic (exact) mass is 349 g/mol. The van der Waals surface area contributed by atoms with E-state index in [4.69, 9.17) is 0 Å². The first kappa shape index (κ1) is 16.6. The number of amides is 1. The van der Waals surface area contributed by atoms with Crippen LogP contribution < -0.4 is 5.56 Å². The molecule has 5 heteroatoms. The standard InChI is InChI=1S/C21H23N3O2/c1-23-12-7-11-18(23)19-10-3-2-6-13-24(19)21(26)17-14-15-8-4-5-9-16(15)20(25)22-17/h4-5,7-9,11-12,14,19H,2-3,6,10,13H2,1H3,(H,22,25). The summed E-state index contributed by atoms with van der Waals surface area (Å²) in [5, 5.41) is 1.41. The van der Waals surface area contributed by atoms with Crippen LogP contribution in [0.25, 0.3) is 10.8 Å². The molecule has 0 radical (unpaired) electrons. The molecule has 3 heterocycles. The normalized spacial score (nSPS) is 18.0. The van der Waals surface area contributed by atoms with Crippen molar-refractivity contribution < 1.29 is 4.79 Å². The highest BCUT2D eigenvalue weighted by atomic mass is 16.2. The fourth-order valence-corrected chi connectivity index (χ4v) is 3.96. The molecule has 2 aromatic heterocycles. The Morgan fingerprint density at radius 2 is 1.96 bits per heavy atom. The topological polar surface area (TPSA) is 58.1 Å². The minimum Gasteiger partial charge on any atom is -0.353 e. The van der Waals surface area contributed by atoms with Crippen LogP contribution in [0.4, 0.5) is 0 Å². The summed E-state index contributed by atoms with van der Waals surface area (Å²) in [6, 6.07) is 13.3. The third-order valence-corrected chi connectivity index (χ3v) is 5.32. The predicted octanol–water partition coefficient (Wildman–Crippen LogP) is 3.62. The summed E-state index contributed by atoms with van der Waals surface area (Å²) in [6.07, 6.45) is 6.18. The summed E-state index contributed by atoms with van der Waals surface area (Å²) in [5.41, 5.74) is 1.30. The number of aryl methyl sites for hydroxylation is 1. The van der Waals surface area contributed by atoms with E-state index in [2.05, 4.69) is 15.6 Å². The highest BCUT2D eigenvalue weighted by Crippen LogP contribution is 2.31. The minimum atomic E-state index is -0.211. The molecule has 1 aliphatic heterocycles. The van der Waals surface area contributed by atoms with E-state index in [9.17, 15) is 9.59 Å². The van der Waals surface area contributed by atoms with Crippen LogP contribution in [0.3, 0.4) is 0 Å². The Bertz CT molecular complexity index is 1000. The summed E-state index contributed by atoms with van der Waals surface area (Å²) in [5.74, 6) is -0.0963. The van der Waals surface area contributed by atoms with Crippen molar-refractivity contribution in [3.8, 4) is 0 Å². The van der Waals surface area contributed by atoms with Crippen LogP contribution in [-0.4, -0.2) is 26.9 Å². The zero-order chi connectivity index (χ0) is 18.1. The lowest BCUT2D eigenvalue weighted by atomic mass is 10.1. The lowest BCUT2D eigenvalue weighted by Crippen LogP contribution is -2.36. The Morgan fingerprint density at radius 3 is 2.77 bits per heavy atom. The van der Waals surface area contributed by atoms with Crippen molar-refractivity contribution in [3.05, 3.63) is 70.4 Å². The average Bonchev–Trinajstić information content (AvgIpc) is 2.93. The molecule has 134 valence electrons. The highest BCUT2D eigenvalue weighted by molar-refractivity contribution is 5.96. The van der Waals surface area contributed by atoms with E-state index in [0.717, 1.165) is 36.8 Å². The van der Waals surface area contributed by atoms with E-state index in [1.165, 1.54) is 0 Å². The minimum absolute atomic E-state index is 0.0416. The molecular formula is C21H23N3O2. The number of hydrogen-bond acceptors (Lipinski definition) is 2. The number of fused-ring (bicyclic) bond motifs is 1. The molecule has 1 saturated heterocycles. The van der Waals surface area contributed by atoms with Crippen LogP contribution in [0.2, 0.25) is 0 Å². The lowest BCUT2D eigenvalue weighted by molar-refractivity contribution is 0.0668. The maximum atomic E-state index is 13.3. The quantitative estimate of drug-likeness (QED) is 0.768. The number of pyridine rings is 1. The second kappa shape index (κ2) is 6.83. The molecule has 1 aliphatic rings. The van der Waals surface area contributed by atoms with Gasteiger partial charge in [-0.25, -0.2) is 0 Å². The van der Waals surface area contributed by atoms with Gasteiger partial charge in [-0.2, -0.15) is 0 Å². The molecule has 1 N–H and O–H groups in total. The molecule has 5 nitrogen and oxygen atoms in total. The van der Waals surface area contributed by atoms with Gasteiger partial charge in [-0.15, -0.1) is 0 Å². The molecule has 1 amide bonds. The number of aromatic nitrogens is 2. The van der Waals surface area contributed by atoms with Crippen LogP contribution in [0, 0.1) is 0 Å². The number of nitrogens with zero attached hydrogens (tertiary/aromatic N) is 2. The van der Waals surface area contributed by atoms with E-state index >= 15 is 0 Å². The maximum Gasteiger partial charge on any atom is 0.270 e. The Balaban J connectivity index is 1.75. The van der Waals surface area contributed by atoms with E-state index in [0.29, 0.717) is 17.6 Å². The van der Waals surface area contributed by atoms with Gasteiger partial charge in [0.05, 0.1) is 6.04 Å². The molecule has 1 aromatic carbocycles. The molecular weight excluding hydrogens is 326 g/mol. The van der Waals surface area contributed by atoms with Gasteiger partial charge in [0.1, 0.15) is 5.69 Å². The second-order valence-corrected chi connectivity index (χ2v) is 7.01. The van der Waals surface area contributed by atoms with E-state index < -0.39 is 0 Å². The maximum absolute atomic E-state index is 13.3. The Labute approximate surface area is 152 Å². The molecule has 0 spiro atoms. The van der Waals surface area contributed by atoms with Crippen molar-refractivity contribution in [1.29, 1.82) is 0 Å². The van der Waals surface area contributed by atoms with E-state index in [1.807, 2.05) is 42.4 Å². The first-order valence-corrected chi connectivity index (χ1v) is 9.19. The molecule has 4 rings (SSSR count). The predicted molar refractivity (Wildman–Crippen MR) is 102 cm³/mol. The van der Waals surface area contributed by atoms with Crippen molar-refractivity contribution >= 4 is 16.7 Å². The fourth-order valence-electron chi connectivity index (χ4n) is 3.96. The van der Waals surface area contributed by atoms with Gasteiger partial charge >= 0.3 is 0 Å². The third-order valence-electron chi connectivity index (χ3n) is 5.32. The molecule has 0 saturated carbocycles. The van der Waals surface area contributed by atoms with Gasteiger partial charge in [-0.05, 0) is 42.5 Å². The van der Waals surface area contributed by atoms with Gasteiger partial charge in [0.15, 0.2) is 0 Å². The summed E-state index contributed by atoms with van der Waals surface area (Å²) in [4.78, 5) is 30.4. The lowest BCUT2D eigenvalue weighted by Gasteiger charge is -2.30. The number of nitrogens with one attached hydrogen (secondary N) is 1. The Hall–Kier alpha value is -2.82. The van der Waals surface area contributed by atoms with Gasteiger partial charge in [0, 0.05) is 30.9 Å². The summed E-state index contributed by atoms with van der Waals surface area (Å²) >= 11 is 0. The van der Waals surface area contributed by atoms with Crippen LogP contribution >= 0.6 is 0 Å². The smallest absolute Gasteiger partial charge is 0.270 e. The summed E-state index contributed by atoms with van der Waals surface area (Å²) in [7, 11) is 2.01. The second-order valence-electron chi connectivity index (χ2n) is 7.01. The number of carbonyl (C=O) groups excluding carboxylic acids is 1. The number of benzene rings is 1. The third kappa shape index (κ3) is 2.94. The van der Waals surface area contributed by atoms with Crippen LogP contribution in [0.5, 0.6) is 0 Å².